The molecule has 23 heavy (non-hydrogen) atoms. The molecular formula is C19H20N2O2. The van der Waals surface area contributed by atoms with Crippen molar-refractivity contribution in [1.29, 1.82) is 0 Å². The van der Waals surface area contributed by atoms with Gasteiger partial charge in [-0.3, -0.25) is 0 Å². The minimum absolute atomic E-state index is 0.130. The van der Waals surface area contributed by atoms with Crippen molar-refractivity contribution in [3.05, 3.63) is 66.2 Å². The Hall–Kier alpha value is -2.17. The quantitative estimate of drug-likeness (QED) is 0.726. The Kier molecular flexibility index (Phi) is 3.63. The van der Waals surface area contributed by atoms with Crippen LogP contribution in [0.4, 0.5) is 0 Å². The van der Waals surface area contributed by atoms with Crippen LogP contribution in [0.25, 0.3) is 10.8 Å². The van der Waals surface area contributed by atoms with Crippen molar-refractivity contribution >= 4 is 10.8 Å². The van der Waals surface area contributed by atoms with Crippen LogP contribution in [0, 0.1) is 0 Å². The number of aryl methyl sites for hydroxylation is 1. The van der Waals surface area contributed by atoms with Crippen LogP contribution in [0.5, 0.6) is 0 Å². The number of ether oxygens (including phenoxy) is 2. The maximum absolute atomic E-state index is 6.01. The normalized spacial score (nSPS) is 24.3. The molecule has 0 bridgehead atoms. The van der Waals surface area contributed by atoms with E-state index in [9.17, 15) is 0 Å². The molecule has 0 aliphatic carbocycles. The third-order valence-electron chi connectivity index (χ3n) is 4.41. The first kappa shape index (κ1) is 14.4. The number of benzene rings is 2. The number of rotatable bonds is 3. The van der Waals surface area contributed by atoms with Crippen molar-refractivity contribution < 1.29 is 9.47 Å². The van der Waals surface area contributed by atoms with Gasteiger partial charge >= 0.3 is 0 Å². The van der Waals surface area contributed by atoms with Gasteiger partial charge in [0.05, 0.1) is 6.33 Å². The molecule has 2 aromatic carbocycles. The third-order valence-corrected chi connectivity index (χ3v) is 4.41. The molecule has 1 fully saturated rings. The average molecular weight is 308 g/mol. The molecule has 0 N–H and O–H groups in total. The highest BCUT2D eigenvalue weighted by Crippen LogP contribution is 2.40. The Morgan fingerprint density at radius 3 is 2.70 bits per heavy atom. The summed E-state index contributed by atoms with van der Waals surface area (Å²) in [5.41, 5.74) is 2.49. The number of hydrogen-bond acceptors (Lipinski definition) is 3. The van der Waals surface area contributed by atoms with Gasteiger partial charge in [0.25, 0.3) is 0 Å². The van der Waals surface area contributed by atoms with E-state index in [4.69, 9.17) is 9.47 Å². The predicted octanol–water partition coefficient (Wildman–Crippen LogP) is 4.23. The zero-order chi connectivity index (χ0) is 15.8. The summed E-state index contributed by atoms with van der Waals surface area (Å²) < 4.78 is 13.9. The Balaban J connectivity index is 1.72. The second kappa shape index (κ2) is 5.80. The van der Waals surface area contributed by atoms with Gasteiger partial charge in [0.2, 0.25) is 0 Å². The molecule has 4 rings (SSSR count). The van der Waals surface area contributed by atoms with Gasteiger partial charge in [-0.15, -0.1) is 0 Å². The van der Waals surface area contributed by atoms with Crippen LogP contribution in [0.2, 0.25) is 0 Å². The Bertz CT molecular complexity index is 813. The van der Waals surface area contributed by atoms with Crippen molar-refractivity contribution in [2.24, 2.45) is 0 Å². The van der Waals surface area contributed by atoms with Crippen molar-refractivity contribution in [2.45, 2.75) is 38.9 Å². The zero-order valence-corrected chi connectivity index (χ0v) is 13.3. The van der Waals surface area contributed by atoms with Gasteiger partial charge in [-0.25, -0.2) is 4.98 Å². The Morgan fingerprint density at radius 1 is 1.09 bits per heavy atom. The maximum Gasteiger partial charge on any atom is 0.168 e. The first-order valence-corrected chi connectivity index (χ1v) is 8.05. The summed E-state index contributed by atoms with van der Waals surface area (Å²) in [6.45, 7) is 4.11. The molecule has 4 heteroatoms. The predicted molar refractivity (Wildman–Crippen MR) is 89.0 cm³/mol. The molecule has 3 unspecified atom stereocenters. The van der Waals surface area contributed by atoms with Gasteiger partial charge in [0, 0.05) is 12.4 Å². The third kappa shape index (κ3) is 2.64. The SMILES string of the molecule is CCc1ccc2cc(C3OC(C)OC3n3ccnc3)ccc2c1. The van der Waals surface area contributed by atoms with Crippen LogP contribution in [-0.2, 0) is 15.9 Å². The van der Waals surface area contributed by atoms with Crippen LogP contribution in [-0.4, -0.2) is 15.8 Å². The lowest BCUT2D eigenvalue weighted by atomic mass is 10.0. The summed E-state index contributed by atoms with van der Waals surface area (Å²) in [6.07, 6.45) is 5.95. The lowest BCUT2D eigenvalue weighted by Crippen LogP contribution is -2.13. The van der Waals surface area contributed by atoms with E-state index in [2.05, 4.69) is 48.3 Å². The molecule has 2 heterocycles. The van der Waals surface area contributed by atoms with E-state index in [1.54, 1.807) is 12.5 Å². The average Bonchev–Trinajstić information content (AvgIpc) is 3.23. The fourth-order valence-electron chi connectivity index (χ4n) is 3.17. The van der Waals surface area contributed by atoms with E-state index in [0.29, 0.717) is 0 Å². The molecule has 3 atom stereocenters. The number of imidazole rings is 1. The summed E-state index contributed by atoms with van der Waals surface area (Å²) >= 11 is 0. The topological polar surface area (TPSA) is 36.3 Å². The summed E-state index contributed by atoms with van der Waals surface area (Å²) in [5, 5.41) is 2.49. The minimum Gasteiger partial charge on any atom is -0.340 e. The summed E-state index contributed by atoms with van der Waals surface area (Å²) in [7, 11) is 0. The van der Waals surface area contributed by atoms with Crippen molar-refractivity contribution in [3.8, 4) is 0 Å². The molecular weight excluding hydrogens is 288 g/mol. The highest BCUT2D eigenvalue weighted by molar-refractivity contribution is 5.84. The molecule has 3 aromatic rings. The highest BCUT2D eigenvalue weighted by Gasteiger charge is 2.36. The van der Waals surface area contributed by atoms with Gasteiger partial charge in [0.15, 0.2) is 12.5 Å². The van der Waals surface area contributed by atoms with Gasteiger partial charge in [-0.1, -0.05) is 37.3 Å². The molecule has 0 spiro atoms. The maximum atomic E-state index is 6.01. The first-order chi connectivity index (χ1) is 11.2. The number of hydrogen-bond donors (Lipinski definition) is 0. The van der Waals surface area contributed by atoms with E-state index in [0.717, 1.165) is 12.0 Å². The van der Waals surface area contributed by atoms with Crippen molar-refractivity contribution in [1.82, 2.24) is 9.55 Å². The molecule has 1 aliphatic heterocycles. The molecule has 0 saturated carbocycles. The van der Waals surface area contributed by atoms with E-state index in [1.807, 2.05) is 17.7 Å². The fourth-order valence-corrected chi connectivity index (χ4v) is 3.17. The fraction of sp³-hybridized carbons (Fsp3) is 0.316. The van der Waals surface area contributed by atoms with Gasteiger partial charge in [-0.2, -0.15) is 0 Å². The first-order valence-electron chi connectivity index (χ1n) is 8.05. The largest absolute Gasteiger partial charge is 0.340 e. The minimum atomic E-state index is -0.231. The van der Waals surface area contributed by atoms with Crippen molar-refractivity contribution in [2.75, 3.05) is 0 Å². The second-order valence-corrected chi connectivity index (χ2v) is 5.96. The summed E-state index contributed by atoms with van der Waals surface area (Å²) in [6, 6.07) is 13.1. The molecule has 0 radical (unpaired) electrons. The summed E-state index contributed by atoms with van der Waals surface area (Å²) in [5.74, 6) is 0. The molecule has 1 saturated heterocycles. The van der Waals surface area contributed by atoms with E-state index < -0.39 is 0 Å². The molecule has 118 valence electrons. The monoisotopic (exact) mass is 308 g/mol. The number of nitrogens with zero attached hydrogens (tertiary/aromatic N) is 2. The van der Waals surface area contributed by atoms with Crippen LogP contribution >= 0.6 is 0 Å². The summed E-state index contributed by atoms with van der Waals surface area (Å²) in [4.78, 5) is 4.12. The van der Waals surface area contributed by atoms with Crippen LogP contribution in [0.1, 0.15) is 37.3 Å². The van der Waals surface area contributed by atoms with Gasteiger partial charge < -0.3 is 14.0 Å². The Morgan fingerprint density at radius 2 is 1.91 bits per heavy atom. The standard InChI is InChI=1S/C19H20N2O2/c1-3-14-4-5-16-11-17(7-6-15(16)10-14)18-19(23-13(2)22-18)21-9-8-20-12-21/h4-13,18-19H,3H2,1-2H3. The highest BCUT2D eigenvalue weighted by atomic mass is 16.7. The molecule has 1 aromatic heterocycles. The van der Waals surface area contributed by atoms with Gasteiger partial charge in [-0.05, 0) is 41.3 Å². The molecule has 4 nitrogen and oxygen atoms in total. The Labute approximate surface area is 135 Å². The van der Waals surface area contributed by atoms with Gasteiger partial charge in [0.1, 0.15) is 6.10 Å². The number of aromatic nitrogens is 2. The van der Waals surface area contributed by atoms with Crippen molar-refractivity contribution in [3.63, 3.8) is 0 Å². The van der Waals surface area contributed by atoms with E-state index in [1.165, 1.54) is 16.3 Å². The van der Waals surface area contributed by atoms with E-state index >= 15 is 0 Å². The lowest BCUT2D eigenvalue weighted by molar-refractivity contribution is -0.0608. The van der Waals surface area contributed by atoms with E-state index in [-0.39, 0.29) is 18.6 Å². The zero-order valence-electron chi connectivity index (χ0n) is 13.3. The van der Waals surface area contributed by atoms with Crippen LogP contribution in [0.3, 0.4) is 0 Å². The number of fused-ring (bicyclic) bond motifs is 1. The van der Waals surface area contributed by atoms with Crippen LogP contribution < -0.4 is 0 Å². The molecule has 1 aliphatic rings. The molecule has 0 amide bonds. The lowest BCUT2D eigenvalue weighted by Gasteiger charge is -2.18. The smallest absolute Gasteiger partial charge is 0.168 e. The van der Waals surface area contributed by atoms with Crippen LogP contribution in [0.15, 0.2) is 55.1 Å². The second-order valence-electron chi connectivity index (χ2n) is 5.96.